The molecule has 1 aliphatic heterocycles. The first-order valence-corrected chi connectivity index (χ1v) is 8.87. The highest BCUT2D eigenvalue weighted by atomic mass is 32.2. The van der Waals surface area contributed by atoms with Gasteiger partial charge in [0.25, 0.3) is 5.91 Å². The average molecular weight is 361 g/mol. The molecule has 3 aromatic rings. The van der Waals surface area contributed by atoms with Gasteiger partial charge in [0.1, 0.15) is 11.5 Å². The van der Waals surface area contributed by atoms with Crippen molar-refractivity contribution in [3.05, 3.63) is 83.3 Å². The summed E-state index contributed by atoms with van der Waals surface area (Å²) in [5.41, 5.74) is 0.763. The Labute approximate surface area is 155 Å². The van der Waals surface area contributed by atoms with Crippen LogP contribution in [0.4, 0.5) is 11.5 Å². The predicted molar refractivity (Wildman–Crippen MR) is 104 cm³/mol. The molecule has 26 heavy (non-hydrogen) atoms. The van der Waals surface area contributed by atoms with Crippen molar-refractivity contribution in [1.29, 1.82) is 0 Å². The normalized spacial score (nSPS) is 17.4. The maximum Gasteiger partial charge on any atom is 0.271 e. The molecule has 0 spiro atoms. The molecule has 0 radical (unpaired) electrons. The fraction of sp³-hybridized carbons (Fsp3) is 0.0500. The van der Waals surface area contributed by atoms with Crippen LogP contribution in [0, 0.1) is 6.92 Å². The van der Waals surface area contributed by atoms with E-state index in [1.165, 1.54) is 11.8 Å². The van der Waals surface area contributed by atoms with Crippen LogP contribution in [0.1, 0.15) is 11.5 Å². The molecule has 4 rings (SSSR count). The third-order valence-electron chi connectivity index (χ3n) is 3.71. The van der Waals surface area contributed by atoms with Gasteiger partial charge >= 0.3 is 0 Å². The van der Waals surface area contributed by atoms with Gasteiger partial charge in [-0.15, -0.1) is 0 Å². The molecule has 0 N–H and O–H groups in total. The zero-order chi connectivity index (χ0) is 17.9. The van der Waals surface area contributed by atoms with Crippen molar-refractivity contribution in [1.82, 2.24) is 4.98 Å². The Morgan fingerprint density at radius 1 is 1.08 bits per heavy atom. The summed E-state index contributed by atoms with van der Waals surface area (Å²) in [6, 6.07) is 18.7. The van der Waals surface area contributed by atoms with Gasteiger partial charge in [0.2, 0.25) is 0 Å². The molecule has 1 saturated heterocycles. The molecular formula is C20H15N3O2S. The second kappa shape index (κ2) is 7.01. The van der Waals surface area contributed by atoms with Crippen molar-refractivity contribution >= 4 is 40.4 Å². The molecule has 0 saturated carbocycles. The van der Waals surface area contributed by atoms with E-state index in [9.17, 15) is 4.79 Å². The molecule has 0 aliphatic carbocycles. The van der Waals surface area contributed by atoms with Gasteiger partial charge in [0.15, 0.2) is 11.0 Å². The quantitative estimate of drug-likeness (QED) is 0.629. The summed E-state index contributed by atoms with van der Waals surface area (Å²) in [5, 5.41) is 0.564. The Kier molecular flexibility index (Phi) is 4.41. The van der Waals surface area contributed by atoms with Crippen LogP contribution in [0.3, 0.4) is 0 Å². The van der Waals surface area contributed by atoms with E-state index < -0.39 is 0 Å². The van der Waals surface area contributed by atoms with Crippen molar-refractivity contribution in [3.8, 4) is 0 Å². The van der Waals surface area contributed by atoms with E-state index in [0.717, 1.165) is 11.4 Å². The Morgan fingerprint density at radius 2 is 1.88 bits per heavy atom. The molecule has 6 heteroatoms. The lowest BCUT2D eigenvalue weighted by molar-refractivity contribution is -0.113. The number of amidine groups is 1. The van der Waals surface area contributed by atoms with Crippen LogP contribution in [-0.2, 0) is 4.79 Å². The summed E-state index contributed by atoms with van der Waals surface area (Å²) in [6.07, 6.45) is 3.42. The predicted octanol–water partition coefficient (Wildman–Crippen LogP) is 4.79. The number of nitrogens with zero attached hydrogens (tertiary/aromatic N) is 3. The van der Waals surface area contributed by atoms with E-state index in [0.29, 0.717) is 21.7 Å². The summed E-state index contributed by atoms with van der Waals surface area (Å²) in [6.45, 7) is 1.87. The fourth-order valence-electron chi connectivity index (χ4n) is 2.53. The van der Waals surface area contributed by atoms with Crippen LogP contribution >= 0.6 is 11.8 Å². The zero-order valence-corrected chi connectivity index (χ0v) is 14.8. The van der Waals surface area contributed by atoms with Crippen molar-refractivity contribution in [3.63, 3.8) is 0 Å². The number of benzene rings is 1. The maximum atomic E-state index is 13.0. The van der Waals surface area contributed by atoms with Crippen LogP contribution in [0.5, 0.6) is 0 Å². The van der Waals surface area contributed by atoms with Crippen molar-refractivity contribution in [2.24, 2.45) is 4.99 Å². The van der Waals surface area contributed by atoms with E-state index in [1.807, 2.05) is 61.5 Å². The minimum Gasteiger partial charge on any atom is -0.462 e. The van der Waals surface area contributed by atoms with Gasteiger partial charge in [-0.25, -0.2) is 9.98 Å². The van der Waals surface area contributed by atoms with Gasteiger partial charge in [0, 0.05) is 12.3 Å². The van der Waals surface area contributed by atoms with Gasteiger partial charge in [0.05, 0.1) is 10.6 Å². The minimum absolute atomic E-state index is 0.134. The highest BCUT2D eigenvalue weighted by Gasteiger charge is 2.35. The van der Waals surface area contributed by atoms with Gasteiger partial charge in [-0.05, 0) is 55.1 Å². The lowest BCUT2D eigenvalue weighted by atomic mass is 10.3. The van der Waals surface area contributed by atoms with Crippen molar-refractivity contribution in [2.75, 3.05) is 4.90 Å². The van der Waals surface area contributed by atoms with E-state index in [1.54, 1.807) is 23.2 Å². The summed E-state index contributed by atoms with van der Waals surface area (Å²) in [5.74, 6) is 1.86. The number of thioether (sulfide) groups is 1. The third kappa shape index (κ3) is 3.32. The number of amides is 1. The van der Waals surface area contributed by atoms with Crippen LogP contribution in [0.25, 0.3) is 6.08 Å². The Balaban J connectivity index is 1.77. The van der Waals surface area contributed by atoms with Crippen LogP contribution < -0.4 is 4.90 Å². The number of hydrogen-bond acceptors (Lipinski definition) is 5. The number of aromatic nitrogens is 1. The van der Waals surface area contributed by atoms with E-state index >= 15 is 0 Å². The number of pyridine rings is 1. The standard InChI is InChI=1S/C20H15N3O2S/c1-14-10-11-16(25-14)13-17-19(24)23(15-7-3-2-4-8-15)20(26-17)22-18-9-5-6-12-21-18/h2-13H,1H3/b17-13+,22-20+. The molecule has 0 unspecified atom stereocenters. The summed E-state index contributed by atoms with van der Waals surface area (Å²) in [7, 11) is 0. The van der Waals surface area contributed by atoms with Crippen LogP contribution in [0.15, 0.2) is 81.2 Å². The van der Waals surface area contributed by atoms with Crippen molar-refractivity contribution < 1.29 is 9.21 Å². The first kappa shape index (κ1) is 16.4. The van der Waals surface area contributed by atoms with Crippen LogP contribution in [-0.4, -0.2) is 16.1 Å². The van der Waals surface area contributed by atoms with Gasteiger partial charge in [-0.3, -0.25) is 9.69 Å². The second-order valence-corrected chi connectivity index (χ2v) is 6.63. The lowest BCUT2D eigenvalue weighted by Gasteiger charge is -2.15. The second-order valence-electron chi connectivity index (χ2n) is 5.62. The first-order valence-electron chi connectivity index (χ1n) is 8.06. The van der Waals surface area contributed by atoms with Gasteiger partial charge in [-0.2, -0.15) is 0 Å². The lowest BCUT2D eigenvalue weighted by Crippen LogP contribution is -2.28. The fourth-order valence-corrected chi connectivity index (χ4v) is 3.50. The third-order valence-corrected chi connectivity index (χ3v) is 4.68. The minimum atomic E-state index is -0.134. The molecule has 5 nitrogen and oxygen atoms in total. The highest BCUT2D eigenvalue weighted by molar-refractivity contribution is 8.19. The molecule has 128 valence electrons. The highest BCUT2D eigenvalue weighted by Crippen LogP contribution is 2.37. The Hall–Kier alpha value is -3.12. The molecule has 1 amide bonds. The average Bonchev–Trinajstić information content (AvgIpc) is 3.20. The SMILES string of the molecule is Cc1ccc(/C=C2/S/C(=N/c3ccccn3)N(c3ccccc3)C2=O)o1. The largest absolute Gasteiger partial charge is 0.462 e. The molecular weight excluding hydrogens is 346 g/mol. The first-order chi connectivity index (χ1) is 12.7. The van der Waals surface area contributed by atoms with Gasteiger partial charge in [-0.1, -0.05) is 24.3 Å². The number of aryl methyl sites for hydroxylation is 1. The smallest absolute Gasteiger partial charge is 0.271 e. The maximum absolute atomic E-state index is 13.0. The Morgan fingerprint density at radius 3 is 2.58 bits per heavy atom. The number of furan rings is 1. The molecule has 0 bridgehead atoms. The summed E-state index contributed by atoms with van der Waals surface area (Å²) >= 11 is 1.31. The number of carbonyl (C=O) groups excluding carboxylic acids is 1. The zero-order valence-electron chi connectivity index (χ0n) is 14.0. The van der Waals surface area contributed by atoms with Gasteiger partial charge < -0.3 is 4.42 Å². The monoisotopic (exact) mass is 361 g/mol. The Bertz CT molecular complexity index is 994. The van der Waals surface area contributed by atoms with Crippen molar-refractivity contribution in [2.45, 2.75) is 6.92 Å². The molecule has 3 heterocycles. The van der Waals surface area contributed by atoms with Crippen LogP contribution in [0.2, 0.25) is 0 Å². The number of anilines is 1. The molecule has 1 aliphatic rings. The number of aliphatic imine (C=N–C) groups is 1. The van der Waals surface area contributed by atoms with E-state index in [-0.39, 0.29) is 5.91 Å². The molecule has 1 fully saturated rings. The summed E-state index contributed by atoms with van der Waals surface area (Å²) in [4.78, 5) is 24.0. The van der Waals surface area contributed by atoms with E-state index in [4.69, 9.17) is 4.42 Å². The van der Waals surface area contributed by atoms with E-state index in [2.05, 4.69) is 9.98 Å². The molecule has 0 atom stereocenters. The number of carbonyl (C=O) groups is 1. The molecule has 1 aromatic carbocycles. The topological polar surface area (TPSA) is 58.7 Å². The number of hydrogen-bond donors (Lipinski definition) is 0. The number of para-hydroxylation sites is 1. The summed E-state index contributed by atoms with van der Waals surface area (Å²) < 4.78 is 5.58. The molecule has 2 aromatic heterocycles. The number of rotatable bonds is 3.